The second-order valence-corrected chi connectivity index (χ2v) is 9.78. The Morgan fingerprint density at radius 1 is 1.19 bits per heavy atom. The highest BCUT2D eigenvalue weighted by atomic mass is 19.1. The van der Waals surface area contributed by atoms with Crippen LogP contribution in [-0.4, -0.2) is 84.7 Å². The molecule has 0 spiro atoms. The predicted molar refractivity (Wildman–Crippen MR) is 153 cm³/mol. The minimum absolute atomic E-state index is 0.0580. The zero-order valence-corrected chi connectivity index (χ0v) is 23.1. The van der Waals surface area contributed by atoms with Crippen molar-refractivity contribution in [1.82, 2.24) is 34.9 Å². The molecule has 2 aromatic carbocycles. The summed E-state index contributed by atoms with van der Waals surface area (Å²) in [6.45, 7) is 0.526. The summed E-state index contributed by atoms with van der Waals surface area (Å²) < 4.78 is 19.9. The van der Waals surface area contributed by atoms with Crippen LogP contribution < -0.4 is 21.1 Å². The molecule has 5 rings (SSSR count). The fraction of sp³-hybridized carbons (Fsp3) is 0.250. The lowest BCUT2D eigenvalue weighted by Crippen LogP contribution is -2.42. The van der Waals surface area contributed by atoms with Crippen molar-refractivity contribution in [2.24, 2.45) is 0 Å². The van der Waals surface area contributed by atoms with E-state index in [0.717, 1.165) is 16.3 Å². The number of hydrogen-bond donors (Lipinski definition) is 5. The molecule has 0 radical (unpaired) electrons. The number of nitrogen functional groups attached to an aromatic ring is 1. The van der Waals surface area contributed by atoms with Gasteiger partial charge in [-0.3, -0.25) is 10.2 Å². The van der Waals surface area contributed by atoms with Gasteiger partial charge in [-0.1, -0.05) is 24.3 Å². The first-order valence-electron chi connectivity index (χ1n) is 13.2. The van der Waals surface area contributed by atoms with E-state index in [1.54, 1.807) is 24.3 Å². The summed E-state index contributed by atoms with van der Waals surface area (Å²) >= 11 is 0. The molecule has 6 N–H and O–H groups in total. The molecule has 4 aromatic rings. The first kappa shape index (κ1) is 29.1. The molecule has 1 saturated heterocycles. The molecule has 2 amide bonds. The number of carbonyl (C=O) groups excluding carboxylic acids is 2. The fourth-order valence-electron chi connectivity index (χ4n) is 4.82. The Morgan fingerprint density at radius 2 is 1.98 bits per heavy atom. The number of halogens is 1. The Bertz CT molecular complexity index is 1630. The van der Waals surface area contributed by atoms with Crippen molar-refractivity contribution in [3.63, 3.8) is 0 Å². The van der Waals surface area contributed by atoms with Gasteiger partial charge in [0.1, 0.15) is 42.2 Å². The molecule has 1 fully saturated rings. The van der Waals surface area contributed by atoms with Crippen LogP contribution in [0.5, 0.6) is 5.75 Å². The van der Waals surface area contributed by atoms with E-state index >= 15 is 0 Å². The molecule has 43 heavy (non-hydrogen) atoms. The van der Waals surface area contributed by atoms with Crippen molar-refractivity contribution in [2.45, 2.75) is 25.1 Å². The van der Waals surface area contributed by atoms with E-state index in [9.17, 15) is 19.1 Å². The Hall–Kier alpha value is -5.44. The van der Waals surface area contributed by atoms with E-state index in [-0.39, 0.29) is 54.1 Å². The number of nitrogens with one attached hydrogen (secondary N) is 3. The number of amides is 2. The van der Waals surface area contributed by atoms with E-state index in [2.05, 4.69) is 30.7 Å². The minimum Gasteiger partial charge on any atom is -0.496 e. The van der Waals surface area contributed by atoms with Crippen LogP contribution in [0.3, 0.4) is 0 Å². The maximum Gasteiger partial charge on any atom is 0.346 e. The second-order valence-electron chi connectivity index (χ2n) is 9.78. The van der Waals surface area contributed by atoms with Gasteiger partial charge in [0.05, 0.1) is 36.1 Å². The zero-order valence-electron chi connectivity index (χ0n) is 23.1. The van der Waals surface area contributed by atoms with E-state index in [4.69, 9.17) is 15.9 Å². The average molecular weight is 589 g/mol. The third-order valence-corrected chi connectivity index (χ3v) is 6.99. The number of nitrogens with zero attached hydrogens (tertiary/aromatic N) is 6. The number of methoxy groups -OCH3 is 1. The lowest BCUT2D eigenvalue weighted by molar-refractivity contribution is 0.0947. The SMILES string of the molecule is COc1ccc(F)cc1C(=O)NCc1ccc(C(=N)c2c(N)ncnc2NC[C@@H]2C[C@@H](O)CN2C(=O)n2cncn2)cc1. The number of likely N-dealkylation sites (tertiary alicyclic amines) is 1. The largest absolute Gasteiger partial charge is 0.496 e. The van der Waals surface area contributed by atoms with Gasteiger partial charge in [0.25, 0.3) is 5.91 Å². The molecule has 0 aliphatic carbocycles. The van der Waals surface area contributed by atoms with Crippen molar-refractivity contribution in [2.75, 3.05) is 31.2 Å². The third-order valence-electron chi connectivity index (χ3n) is 6.99. The summed E-state index contributed by atoms with van der Waals surface area (Å²) in [6, 6.07) is 9.81. The maximum atomic E-state index is 13.7. The number of nitrogens with two attached hydrogens (primary N) is 1. The number of β-amino-alcohol motifs (C(OH)–C–C–N with tert-alkyl or cyclic N) is 1. The molecule has 2 aromatic heterocycles. The van der Waals surface area contributed by atoms with Crippen LogP contribution in [0.1, 0.15) is 33.5 Å². The van der Waals surface area contributed by atoms with Crippen LogP contribution in [0.25, 0.3) is 0 Å². The monoisotopic (exact) mass is 588 g/mol. The minimum atomic E-state index is -0.702. The molecule has 14 nitrogen and oxygen atoms in total. The average Bonchev–Trinajstić information content (AvgIpc) is 3.68. The number of anilines is 2. The summed E-state index contributed by atoms with van der Waals surface area (Å²) in [7, 11) is 1.40. The Morgan fingerprint density at radius 3 is 2.70 bits per heavy atom. The van der Waals surface area contributed by atoms with Crippen molar-refractivity contribution >= 4 is 29.3 Å². The standard InChI is InChI=1S/C28H29FN10O4/c1-43-22-7-6-18(29)8-21(22)27(41)34-10-16-2-4-17(5-3-16)24(30)23-25(31)35-14-36-26(23)33-11-19-9-20(40)12-38(19)28(42)39-15-32-13-37-39/h2-8,13-15,19-20,30,40H,9-12H2,1H3,(H,34,41)(H3,31,33,35,36)/t19-,20+/m0/s1. The van der Waals surface area contributed by atoms with Crippen molar-refractivity contribution in [3.8, 4) is 5.75 Å². The highest BCUT2D eigenvalue weighted by Gasteiger charge is 2.35. The summed E-state index contributed by atoms with van der Waals surface area (Å²) in [4.78, 5) is 39.1. The van der Waals surface area contributed by atoms with Gasteiger partial charge in [-0.2, -0.15) is 9.78 Å². The van der Waals surface area contributed by atoms with Crippen molar-refractivity contribution < 1.29 is 23.8 Å². The number of rotatable bonds is 9. The molecular weight excluding hydrogens is 559 g/mol. The van der Waals surface area contributed by atoms with Gasteiger partial charge in [0.15, 0.2) is 0 Å². The normalized spacial score (nSPS) is 16.1. The molecule has 2 atom stereocenters. The van der Waals surface area contributed by atoms with Gasteiger partial charge in [-0.05, 0) is 30.2 Å². The summed E-state index contributed by atoms with van der Waals surface area (Å²) in [5, 5.41) is 28.9. The lowest BCUT2D eigenvalue weighted by atomic mass is 10.0. The second kappa shape index (κ2) is 12.6. The number of carbonyl (C=O) groups is 2. The van der Waals surface area contributed by atoms with Crippen molar-refractivity contribution in [3.05, 3.63) is 89.5 Å². The number of aliphatic hydroxyl groups is 1. The van der Waals surface area contributed by atoms with Crippen LogP contribution in [0, 0.1) is 11.2 Å². The van der Waals surface area contributed by atoms with E-state index in [1.807, 2.05) is 0 Å². The first-order valence-corrected chi connectivity index (χ1v) is 13.2. The topological polar surface area (TPSA) is 197 Å². The van der Waals surface area contributed by atoms with Gasteiger partial charge in [-0.15, -0.1) is 0 Å². The van der Waals surface area contributed by atoms with Crippen LogP contribution in [0.2, 0.25) is 0 Å². The molecule has 1 aliphatic rings. The molecule has 0 saturated carbocycles. The van der Waals surface area contributed by atoms with Gasteiger partial charge in [0, 0.05) is 25.2 Å². The van der Waals surface area contributed by atoms with E-state index in [1.165, 1.54) is 43.1 Å². The summed E-state index contributed by atoms with van der Waals surface area (Å²) in [5.74, 6) is -0.398. The predicted octanol–water partition coefficient (Wildman–Crippen LogP) is 1.66. The van der Waals surface area contributed by atoms with Gasteiger partial charge in [0.2, 0.25) is 0 Å². The fourth-order valence-corrected chi connectivity index (χ4v) is 4.82. The Labute approximate surface area is 245 Å². The molecule has 3 heterocycles. The lowest BCUT2D eigenvalue weighted by Gasteiger charge is -2.24. The smallest absolute Gasteiger partial charge is 0.346 e. The number of hydrogen-bond acceptors (Lipinski definition) is 11. The van der Waals surface area contributed by atoms with E-state index < -0.39 is 23.9 Å². The third kappa shape index (κ3) is 6.41. The molecule has 222 valence electrons. The maximum absolute atomic E-state index is 13.7. The zero-order chi connectivity index (χ0) is 30.5. The molecule has 1 aliphatic heterocycles. The molecule has 15 heteroatoms. The van der Waals surface area contributed by atoms with E-state index in [0.29, 0.717) is 17.8 Å². The summed E-state index contributed by atoms with van der Waals surface area (Å²) in [5.41, 5.74) is 7.84. The molecule has 0 unspecified atom stereocenters. The van der Waals surface area contributed by atoms with Crippen LogP contribution in [0.4, 0.5) is 20.8 Å². The number of benzene rings is 2. The van der Waals surface area contributed by atoms with Gasteiger partial charge >= 0.3 is 6.03 Å². The molecular formula is C28H29FN10O4. The Kier molecular flexibility index (Phi) is 8.52. The summed E-state index contributed by atoms with van der Waals surface area (Å²) in [6.07, 6.45) is 3.46. The van der Waals surface area contributed by atoms with Gasteiger partial charge in [-0.25, -0.2) is 24.1 Å². The Balaban J connectivity index is 1.26. The first-order chi connectivity index (χ1) is 20.7. The highest BCUT2D eigenvalue weighted by molar-refractivity contribution is 6.16. The van der Waals surface area contributed by atoms with Crippen molar-refractivity contribution in [1.29, 1.82) is 5.41 Å². The number of ether oxygens (including phenoxy) is 1. The highest BCUT2D eigenvalue weighted by Crippen LogP contribution is 2.25. The number of aromatic nitrogens is 5. The quantitative estimate of drug-likeness (QED) is 0.179. The van der Waals surface area contributed by atoms with Crippen LogP contribution in [0.15, 0.2) is 61.4 Å². The van der Waals surface area contributed by atoms with Crippen LogP contribution in [-0.2, 0) is 6.54 Å². The number of aliphatic hydroxyl groups excluding tert-OH is 1. The van der Waals surface area contributed by atoms with Gasteiger partial charge < -0.3 is 31.1 Å². The molecule has 0 bridgehead atoms. The van der Waals surface area contributed by atoms with Crippen LogP contribution >= 0.6 is 0 Å².